The predicted octanol–water partition coefficient (Wildman–Crippen LogP) is 0.814. The number of rotatable bonds is 5. The highest BCUT2D eigenvalue weighted by molar-refractivity contribution is 6.01. The molecule has 0 spiro atoms. The third-order valence-corrected chi connectivity index (χ3v) is 2.48. The first kappa shape index (κ1) is 12.4. The van der Waals surface area contributed by atoms with Gasteiger partial charge in [-0.05, 0) is 12.0 Å². The molecule has 86 valence electrons. The Morgan fingerprint density at radius 3 is 2.44 bits per heavy atom. The number of carbonyl (C=O) groups excluding carboxylic acids is 2. The Labute approximate surface area is 94.8 Å². The van der Waals surface area contributed by atoms with Crippen molar-refractivity contribution in [2.24, 2.45) is 11.8 Å². The number of nitrogens with two attached hydrogens (primary N) is 1. The number of nitrogens with one attached hydrogen (secondary N) is 1. The molecule has 4 heteroatoms. The second-order valence-electron chi connectivity index (χ2n) is 3.60. The molecule has 1 aromatic carbocycles. The minimum absolute atomic E-state index is 0.100. The lowest BCUT2D eigenvalue weighted by Crippen LogP contribution is -2.39. The minimum atomic E-state index is -0.648. The lowest BCUT2D eigenvalue weighted by atomic mass is 9.95. The van der Waals surface area contributed by atoms with Gasteiger partial charge in [0.25, 0.3) is 0 Å². The fourth-order valence-electron chi connectivity index (χ4n) is 1.58. The van der Waals surface area contributed by atoms with E-state index in [0.29, 0.717) is 6.42 Å². The third kappa shape index (κ3) is 3.17. The molecule has 3 N–H and O–H groups in total. The molecule has 0 saturated heterocycles. The zero-order valence-electron chi connectivity index (χ0n) is 9.27. The monoisotopic (exact) mass is 220 g/mol. The number of carbonyl (C=O) groups is 2. The van der Waals surface area contributed by atoms with Crippen LogP contribution >= 0.6 is 0 Å². The third-order valence-electron chi connectivity index (χ3n) is 2.48. The summed E-state index contributed by atoms with van der Waals surface area (Å²) >= 11 is 0. The molecule has 1 unspecified atom stereocenters. The van der Waals surface area contributed by atoms with Crippen molar-refractivity contribution in [1.29, 1.82) is 0 Å². The van der Waals surface area contributed by atoms with Gasteiger partial charge in [0.05, 0.1) is 5.92 Å². The quantitative estimate of drug-likeness (QED) is 0.334. The van der Waals surface area contributed by atoms with Gasteiger partial charge >= 0.3 is 0 Å². The molecule has 0 heterocycles. The second kappa shape index (κ2) is 6.02. The van der Waals surface area contributed by atoms with Crippen LogP contribution in [0.15, 0.2) is 30.3 Å². The summed E-state index contributed by atoms with van der Waals surface area (Å²) in [6.45, 7) is 1.79. The summed E-state index contributed by atoms with van der Waals surface area (Å²) in [5.41, 5.74) is 2.94. The number of amides is 1. The second-order valence-corrected chi connectivity index (χ2v) is 3.60. The topological polar surface area (TPSA) is 72.2 Å². The smallest absolute Gasteiger partial charge is 0.244 e. The molecule has 0 aliphatic heterocycles. The first-order chi connectivity index (χ1) is 7.69. The van der Waals surface area contributed by atoms with Gasteiger partial charge < -0.3 is 0 Å². The molecule has 1 atom stereocenters. The van der Waals surface area contributed by atoms with E-state index in [1.165, 1.54) is 0 Å². The van der Waals surface area contributed by atoms with Gasteiger partial charge in [-0.25, -0.2) is 5.84 Å². The van der Waals surface area contributed by atoms with E-state index in [2.05, 4.69) is 0 Å². The summed E-state index contributed by atoms with van der Waals surface area (Å²) < 4.78 is 0. The van der Waals surface area contributed by atoms with E-state index in [-0.39, 0.29) is 12.2 Å². The van der Waals surface area contributed by atoms with Crippen LogP contribution in [0.5, 0.6) is 0 Å². The van der Waals surface area contributed by atoms with E-state index in [9.17, 15) is 9.59 Å². The first-order valence-electron chi connectivity index (χ1n) is 5.26. The molecule has 0 radical (unpaired) electrons. The summed E-state index contributed by atoms with van der Waals surface area (Å²) in [7, 11) is 0. The van der Waals surface area contributed by atoms with Gasteiger partial charge in [-0.3, -0.25) is 15.0 Å². The molecule has 0 aliphatic rings. The van der Waals surface area contributed by atoms with Crippen LogP contribution in [0.3, 0.4) is 0 Å². The van der Waals surface area contributed by atoms with Gasteiger partial charge in [-0.15, -0.1) is 0 Å². The van der Waals surface area contributed by atoms with E-state index >= 15 is 0 Å². The maximum atomic E-state index is 11.8. The highest BCUT2D eigenvalue weighted by Crippen LogP contribution is 2.09. The maximum absolute atomic E-state index is 11.8. The largest absolute Gasteiger partial charge is 0.298 e. The van der Waals surface area contributed by atoms with Gasteiger partial charge in [0.15, 0.2) is 0 Å². The van der Waals surface area contributed by atoms with Gasteiger partial charge in [0, 0.05) is 6.42 Å². The van der Waals surface area contributed by atoms with E-state index in [1.54, 1.807) is 6.92 Å². The van der Waals surface area contributed by atoms with Crippen molar-refractivity contribution in [1.82, 2.24) is 5.43 Å². The van der Waals surface area contributed by atoms with Gasteiger partial charge in [-0.1, -0.05) is 37.3 Å². The molecule has 1 amide bonds. The van der Waals surface area contributed by atoms with Crippen LogP contribution in [-0.4, -0.2) is 11.7 Å². The Morgan fingerprint density at radius 2 is 1.94 bits per heavy atom. The van der Waals surface area contributed by atoms with E-state index in [4.69, 9.17) is 5.84 Å². The molecule has 0 saturated carbocycles. The van der Waals surface area contributed by atoms with E-state index in [0.717, 1.165) is 5.56 Å². The molecular formula is C12H16N2O2. The molecule has 0 aliphatic carbocycles. The normalized spacial score (nSPS) is 11.9. The van der Waals surface area contributed by atoms with Crippen molar-refractivity contribution < 1.29 is 9.59 Å². The summed E-state index contributed by atoms with van der Waals surface area (Å²) in [6, 6.07) is 9.35. The van der Waals surface area contributed by atoms with Crippen molar-refractivity contribution in [3.63, 3.8) is 0 Å². The van der Waals surface area contributed by atoms with Crippen LogP contribution < -0.4 is 11.3 Å². The molecule has 0 fully saturated rings. The van der Waals surface area contributed by atoms with Gasteiger partial charge in [0.2, 0.25) is 5.91 Å². The highest BCUT2D eigenvalue weighted by atomic mass is 16.2. The van der Waals surface area contributed by atoms with Gasteiger partial charge in [-0.2, -0.15) is 0 Å². The van der Waals surface area contributed by atoms with Crippen molar-refractivity contribution in [2.75, 3.05) is 0 Å². The van der Waals surface area contributed by atoms with Crippen molar-refractivity contribution >= 4 is 11.7 Å². The Balaban J connectivity index is 2.67. The Bertz CT molecular complexity index is 363. The molecule has 4 nitrogen and oxygen atoms in total. The van der Waals surface area contributed by atoms with Crippen molar-refractivity contribution in [2.45, 2.75) is 19.8 Å². The van der Waals surface area contributed by atoms with Crippen molar-refractivity contribution in [3.8, 4) is 0 Å². The molecular weight excluding hydrogens is 204 g/mol. The maximum Gasteiger partial charge on any atom is 0.244 e. The van der Waals surface area contributed by atoms with Crippen LogP contribution in [-0.2, 0) is 16.0 Å². The Hall–Kier alpha value is -1.68. The molecule has 16 heavy (non-hydrogen) atoms. The molecule has 0 bridgehead atoms. The summed E-state index contributed by atoms with van der Waals surface area (Å²) in [4.78, 5) is 23.1. The lowest BCUT2D eigenvalue weighted by molar-refractivity contribution is -0.133. The summed E-state index contributed by atoms with van der Waals surface area (Å²) in [5, 5.41) is 0. The number of benzene rings is 1. The zero-order valence-corrected chi connectivity index (χ0v) is 9.27. The number of hydrogen-bond donors (Lipinski definition) is 2. The number of ketones is 1. The van der Waals surface area contributed by atoms with Crippen LogP contribution in [0, 0.1) is 5.92 Å². The average molecular weight is 220 g/mol. The minimum Gasteiger partial charge on any atom is -0.298 e. The van der Waals surface area contributed by atoms with Gasteiger partial charge in [0.1, 0.15) is 5.78 Å². The van der Waals surface area contributed by atoms with E-state index in [1.807, 2.05) is 35.8 Å². The molecule has 1 aromatic rings. The fourth-order valence-corrected chi connectivity index (χ4v) is 1.58. The SMILES string of the molecule is CCC(C(=O)Cc1ccccc1)C(=O)NN. The Kier molecular flexibility index (Phi) is 4.66. The first-order valence-corrected chi connectivity index (χ1v) is 5.26. The summed E-state index contributed by atoms with van der Waals surface area (Å²) in [5.74, 6) is 3.87. The number of hydrazine groups is 1. The van der Waals surface area contributed by atoms with Crippen LogP contribution in [0.25, 0.3) is 0 Å². The number of Topliss-reactive ketones (excluding diaryl/α,β-unsaturated/α-hetero) is 1. The molecule has 0 aromatic heterocycles. The van der Waals surface area contributed by atoms with Crippen LogP contribution in [0.2, 0.25) is 0 Å². The Morgan fingerprint density at radius 1 is 1.31 bits per heavy atom. The fraction of sp³-hybridized carbons (Fsp3) is 0.333. The van der Waals surface area contributed by atoms with Crippen LogP contribution in [0.1, 0.15) is 18.9 Å². The molecule has 1 rings (SSSR count). The highest BCUT2D eigenvalue weighted by Gasteiger charge is 2.23. The average Bonchev–Trinajstić information content (AvgIpc) is 2.31. The predicted molar refractivity (Wildman–Crippen MR) is 61.3 cm³/mol. The standard InChI is InChI=1S/C12H16N2O2/c1-2-10(12(16)14-13)11(15)8-9-6-4-3-5-7-9/h3-7,10H,2,8,13H2,1H3,(H,14,16). The zero-order chi connectivity index (χ0) is 12.0. The lowest BCUT2D eigenvalue weighted by Gasteiger charge is -2.11. The van der Waals surface area contributed by atoms with Crippen LogP contribution in [0.4, 0.5) is 0 Å². The summed E-state index contributed by atoms with van der Waals surface area (Å²) in [6.07, 6.45) is 0.738. The number of hydrogen-bond acceptors (Lipinski definition) is 3. The van der Waals surface area contributed by atoms with Crippen molar-refractivity contribution in [3.05, 3.63) is 35.9 Å². The van der Waals surface area contributed by atoms with E-state index < -0.39 is 11.8 Å².